The van der Waals surface area contributed by atoms with Crippen LogP contribution in [0.1, 0.15) is 55.5 Å². The molecule has 4 rings (SSSR count). The molecule has 2 aliphatic heterocycles. The summed E-state index contributed by atoms with van der Waals surface area (Å²) in [7, 11) is 0. The molecule has 1 aromatic heterocycles. The zero-order valence-electron chi connectivity index (χ0n) is 20.1. The van der Waals surface area contributed by atoms with Crippen LogP contribution in [0.4, 0.5) is 0 Å². The van der Waals surface area contributed by atoms with Gasteiger partial charge in [-0.1, -0.05) is 22.8 Å². The van der Waals surface area contributed by atoms with Crippen LogP contribution in [0, 0.1) is 19.8 Å². The first-order valence-corrected chi connectivity index (χ1v) is 12.7. The van der Waals surface area contributed by atoms with E-state index >= 15 is 0 Å². The number of aryl methyl sites for hydroxylation is 2. The Morgan fingerprint density at radius 1 is 1.12 bits per heavy atom. The highest BCUT2D eigenvalue weighted by atomic mass is 35.5. The quantitative estimate of drug-likeness (QED) is 0.571. The predicted octanol–water partition coefficient (Wildman–Crippen LogP) is 4.58. The first-order chi connectivity index (χ1) is 16.4. The van der Waals surface area contributed by atoms with Gasteiger partial charge < -0.3 is 19.1 Å². The number of hydrogen-bond acceptors (Lipinski definition) is 5. The topological polar surface area (TPSA) is 75.9 Å². The summed E-state index contributed by atoms with van der Waals surface area (Å²) in [5.41, 5.74) is 1.84. The van der Waals surface area contributed by atoms with Gasteiger partial charge in [-0.05, 0) is 57.7 Å². The zero-order chi connectivity index (χ0) is 24.1. The second-order valence-corrected chi connectivity index (χ2v) is 9.89. The third kappa shape index (κ3) is 6.12. The Kier molecular flexibility index (Phi) is 8.14. The van der Waals surface area contributed by atoms with Gasteiger partial charge in [-0.15, -0.1) is 0 Å². The Hall–Kier alpha value is -2.54. The van der Waals surface area contributed by atoms with Crippen LogP contribution in [0.3, 0.4) is 0 Å². The molecule has 0 aliphatic carbocycles. The van der Waals surface area contributed by atoms with Gasteiger partial charge in [0.15, 0.2) is 0 Å². The van der Waals surface area contributed by atoms with Gasteiger partial charge in [-0.2, -0.15) is 0 Å². The van der Waals surface area contributed by atoms with Crippen molar-refractivity contribution in [2.45, 2.75) is 64.9 Å². The standard InChI is InChI=1S/C26H34ClN3O4/c1-18-23(19(2)34-28-18)9-10-25(31)30-14-11-24(33-22-8-6-7-21(27)16-22)20(17-30)15-26(32)29-12-4-3-5-13-29/h6-8,16,20,24H,3-5,9-15,17H2,1-2H3/t20-,24-/m0/s1. The lowest BCUT2D eigenvalue weighted by Gasteiger charge is -2.39. The first kappa shape index (κ1) is 24.6. The molecule has 0 bridgehead atoms. The van der Waals surface area contributed by atoms with E-state index in [9.17, 15) is 9.59 Å². The van der Waals surface area contributed by atoms with Crippen molar-refractivity contribution in [3.8, 4) is 5.75 Å². The number of nitrogens with zero attached hydrogens (tertiary/aromatic N) is 3. The summed E-state index contributed by atoms with van der Waals surface area (Å²) in [5, 5.41) is 4.60. The molecule has 7 nitrogen and oxygen atoms in total. The summed E-state index contributed by atoms with van der Waals surface area (Å²) >= 11 is 6.14. The Bertz CT molecular complexity index is 982. The van der Waals surface area contributed by atoms with E-state index in [0.717, 1.165) is 42.9 Å². The Balaban J connectivity index is 1.42. The summed E-state index contributed by atoms with van der Waals surface area (Å²) in [6.45, 7) is 6.56. The molecule has 0 spiro atoms. The van der Waals surface area contributed by atoms with Crippen molar-refractivity contribution in [2.24, 2.45) is 5.92 Å². The van der Waals surface area contributed by atoms with Gasteiger partial charge >= 0.3 is 0 Å². The SMILES string of the molecule is Cc1noc(C)c1CCC(=O)N1CC[C@H](Oc2cccc(Cl)c2)[C@@H](CC(=O)N2CCCCC2)C1. The number of rotatable bonds is 7. The maximum absolute atomic E-state index is 13.1. The van der Waals surface area contributed by atoms with Crippen LogP contribution in [0.15, 0.2) is 28.8 Å². The monoisotopic (exact) mass is 487 g/mol. The Morgan fingerprint density at radius 2 is 1.91 bits per heavy atom. The van der Waals surface area contributed by atoms with Gasteiger partial charge in [0.1, 0.15) is 17.6 Å². The first-order valence-electron chi connectivity index (χ1n) is 12.3. The van der Waals surface area contributed by atoms with E-state index in [0.29, 0.717) is 49.5 Å². The Morgan fingerprint density at radius 3 is 2.62 bits per heavy atom. The third-order valence-corrected chi connectivity index (χ3v) is 7.25. The summed E-state index contributed by atoms with van der Waals surface area (Å²) < 4.78 is 11.5. The number of amides is 2. The average Bonchev–Trinajstić information content (AvgIpc) is 3.16. The molecule has 8 heteroatoms. The van der Waals surface area contributed by atoms with Crippen LogP contribution < -0.4 is 4.74 Å². The molecule has 0 N–H and O–H groups in total. The number of aromatic nitrogens is 1. The lowest BCUT2D eigenvalue weighted by molar-refractivity contribution is -0.139. The summed E-state index contributed by atoms with van der Waals surface area (Å²) in [4.78, 5) is 30.0. The van der Waals surface area contributed by atoms with E-state index in [1.54, 1.807) is 6.07 Å². The van der Waals surface area contributed by atoms with Crippen LogP contribution in [-0.4, -0.2) is 59.1 Å². The fraction of sp³-hybridized carbons (Fsp3) is 0.577. The van der Waals surface area contributed by atoms with E-state index in [1.165, 1.54) is 6.42 Å². The van der Waals surface area contributed by atoms with Gasteiger partial charge in [0.05, 0.1) is 5.69 Å². The van der Waals surface area contributed by atoms with Crippen LogP contribution in [0.25, 0.3) is 0 Å². The molecule has 2 amide bonds. The molecule has 2 aromatic rings. The normalized spacial score (nSPS) is 20.9. The molecule has 2 saturated heterocycles. The number of hydrogen-bond donors (Lipinski definition) is 0. The fourth-order valence-corrected chi connectivity index (χ4v) is 5.23. The Labute approximate surface area is 206 Å². The van der Waals surface area contributed by atoms with E-state index in [4.69, 9.17) is 20.9 Å². The van der Waals surface area contributed by atoms with Crippen molar-refractivity contribution < 1.29 is 18.8 Å². The number of carbonyl (C=O) groups excluding carboxylic acids is 2. The molecule has 2 atom stereocenters. The van der Waals surface area contributed by atoms with Crippen LogP contribution in [0.2, 0.25) is 5.02 Å². The maximum Gasteiger partial charge on any atom is 0.223 e. The number of likely N-dealkylation sites (tertiary alicyclic amines) is 2. The minimum atomic E-state index is -0.140. The molecular weight excluding hydrogens is 454 g/mol. The van der Waals surface area contributed by atoms with Gasteiger partial charge in [0, 0.05) is 61.9 Å². The van der Waals surface area contributed by atoms with Crippen LogP contribution in [-0.2, 0) is 16.0 Å². The lowest BCUT2D eigenvalue weighted by Crippen LogP contribution is -2.50. The smallest absolute Gasteiger partial charge is 0.223 e. The molecule has 2 fully saturated rings. The average molecular weight is 488 g/mol. The van der Waals surface area contributed by atoms with E-state index in [1.807, 2.05) is 41.8 Å². The summed E-state index contributed by atoms with van der Waals surface area (Å²) in [5.74, 6) is 1.66. The lowest BCUT2D eigenvalue weighted by atomic mass is 9.90. The molecule has 2 aliphatic rings. The molecule has 0 saturated carbocycles. The van der Waals surface area contributed by atoms with Gasteiger partial charge in [0.25, 0.3) is 0 Å². The molecule has 3 heterocycles. The molecule has 1 aromatic carbocycles. The van der Waals surface area contributed by atoms with Crippen molar-refractivity contribution >= 4 is 23.4 Å². The highest BCUT2D eigenvalue weighted by Crippen LogP contribution is 2.29. The third-order valence-electron chi connectivity index (χ3n) is 7.02. The maximum atomic E-state index is 13.1. The second kappa shape index (κ2) is 11.3. The highest BCUT2D eigenvalue weighted by Gasteiger charge is 2.35. The number of piperidine rings is 2. The fourth-order valence-electron chi connectivity index (χ4n) is 5.05. The second-order valence-electron chi connectivity index (χ2n) is 9.45. The minimum Gasteiger partial charge on any atom is -0.490 e. The molecule has 0 unspecified atom stereocenters. The predicted molar refractivity (Wildman–Crippen MR) is 130 cm³/mol. The van der Waals surface area contributed by atoms with Crippen LogP contribution in [0.5, 0.6) is 5.75 Å². The van der Waals surface area contributed by atoms with Gasteiger partial charge in [-0.3, -0.25) is 9.59 Å². The summed E-state index contributed by atoms with van der Waals surface area (Å²) in [6, 6.07) is 7.35. The van der Waals surface area contributed by atoms with E-state index < -0.39 is 0 Å². The molecule has 34 heavy (non-hydrogen) atoms. The van der Waals surface area contributed by atoms with Crippen LogP contribution >= 0.6 is 11.6 Å². The van der Waals surface area contributed by atoms with Crippen molar-refractivity contribution in [1.82, 2.24) is 15.0 Å². The largest absolute Gasteiger partial charge is 0.490 e. The number of carbonyl (C=O) groups is 2. The van der Waals surface area contributed by atoms with Gasteiger partial charge in [0.2, 0.25) is 11.8 Å². The molecule has 0 radical (unpaired) electrons. The van der Waals surface area contributed by atoms with Crippen molar-refractivity contribution in [2.75, 3.05) is 26.2 Å². The number of benzene rings is 1. The zero-order valence-corrected chi connectivity index (χ0v) is 20.9. The van der Waals surface area contributed by atoms with Crippen molar-refractivity contribution in [3.63, 3.8) is 0 Å². The van der Waals surface area contributed by atoms with E-state index in [-0.39, 0.29) is 23.8 Å². The van der Waals surface area contributed by atoms with Crippen molar-refractivity contribution in [1.29, 1.82) is 0 Å². The highest BCUT2D eigenvalue weighted by molar-refractivity contribution is 6.30. The van der Waals surface area contributed by atoms with Crippen molar-refractivity contribution in [3.05, 3.63) is 46.3 Å². The number of ether oxygens (including phenoxy) is 1. The number of halogens is 1. The van der Waals surface area contributed by atoms with E-state index in [2.05, 4.69) is 5.16 Å². The van der Waals surface area contributed by atoms with Gasteiger partial charge in [-0.25, -0.2) is 0 Å². The summed E-state index contributed by atoms with van der Waals surface area (Å²) in [6.07, 6.45) is 5.24. The molecular formula is C26H34ClN3O4. The minimum absolute atomic E-state index is 0.0647. The molecule has 184 valence electrons.